The number of nitrogens with zero attached hydrogens (tertiary/aromatic N) is 1. The van der Waals surface area contributed by atoms with Gasteiger partial charge in [0, 0.05) is 18.8 Å². The first kappa shape index (κ1) is 20.3. The third-order valence-electron chi connectivity index (χ3n) is 4.92. The number of aromatic nitrogens is 1. The molecule has 1 aliphatic carbocycles. The van der Waals surface area contributed by atoms with Gasteiger partial charge in [0.25, 0.3) is 11.5 Å². The van der Waals surface area contributed by atoms with Crippen LogP contribution in [0.15, 0.2) is 23.7 Å². The number of amides is 1. The second-order valence-electron chi connectivity index (χ2n) is 6.90. The van der Waals surface area contributed by atoms with Gasteiger partial charge in [0.15, 0.2) is 0 Å². The minimum Gasteiger partial charge on any atom is -0.502 e. The van der Waals surface area contributed by atoms with Crippen LogP contribution in [0.5, 0.6) is 0 Å². The number of carbonyl (C=O) groups excluding carboxylic acids is 1. The Morgan fingerprint density at radius 1 is 1.27 bits per heavy atom. The molecule has 1 heterocycles. The predicted molar refractivity (Wildman–Crippen MR) is 105 cm³/mol. The van der Waals surface area contributed by atoms with Crippen LogP contribution in [-0.4, -0.2) is 23.6 Å². The zero-order valence-corrected chi connectivity index (χ0v) is 16.0. The molecule has 0 saturated heterocycles. The van der Waals surface area contributed by atoms with E-state index >= 15 is 0 Å². The molecule has 2 rings (SSSR count). The Kier molecular flexibility index (Phi) is 8.45. The molecule has 0 aromatic carbocycles. The number of nitrogens with one attached hydrogen (secondary N) is 1. The molecule has 26 heavy (non-hydrogen) atoms. The van der Waals surface area contributed by atoms with Gasteiger partial charge in [-0.1, -0.05) is 32.8 Å². The SMILES string of the molecule is C=COCCCNC(=O)c1cc2c(n(CCCC)c1=O)CCCCCC2. The largest absolute Gasteiger partial charge is 0.502 e. The molecule has 1 amide bonds. The number of hydrogen-bond acceptors (Lipinski definition) is 3. The molecule has 1 aromatic rings. The summed E-state index contributed by atoms with van der Waals surface area (Å²) in [7, 11) is 0. The molecule has 0 bridgehead atoms. The quantitative estimate of drug-likeness (QED) is 0.541. The smallest absolute Gasteiger partial charge is 0.263 e. The van der Waals surface area contributed by atoms with Gasteiger partial charge in [-0.2, -0.15) is 0 Å². The van der Waals surface area contributed by atoms with Crippen molar-refractivity contribution in [3.05, 3.63) is 46.1 Å². The second-order valence-corrected chi connectivity index (χ2v) is 6.90. The van der Waals surface area contributed by atoms with Crippen molar-refractivity contribution in [2.24, 2.45) is 0 Å². The van der Waals surface area contributed by atoms with Crippen LogP contribution >= 0.6 is 0 Å². The molecule has 0 radical (unpaired) electrons. The normalized spacial score (nSPS) is 14.0. The lowest BCUT2D eigenvalue weighted by atomic mass is 9.95. The number of pyridine rings is 1. The first-order valence-corrected chi connectivity index (χ1v) is 9.95. The third-order valence-corrected chi connectivity index (χ3v) is 4.92. The zero-order chi connectivity index (χ0) is 18.8. The van der Waals surface area contributed by atoms with Gasteiger partial charge in [0.05, 0.1) is 12.9 Å². The molecule has 1 aromatic heterocycles. The van der Waals surface area contributed by atoms with E-state index in [1.807, 2.05) is 10.6 Å². The van der Waals surface area contributed by atoms with Crippen LogP contribution in [0.4, 0.5) is 0 Å². The van der Waals surface area contributed by atoms with Gasteiger partial charge in [-0.15, -0.1) is 0 Å². The van der Waals surface area contributed by atoms with Gasteiger partial charge in [0.1, 0.15) is 5.56 Å². The van der Waals surface area contributed by atoms with E-state index in [2.05, 4.69) is 18.8 Å². The van der Waals surface area contributed by atoms with E-state index in [-0.39, 0.29) is 17.0 Å². The highest BCUT2D eigenvalue weighted by atomic mass is 16.5. The summed E-state index contributed by atoms with van der Waals surface area (Å²) in [6.07, 6.45) is 10.6. The van der Waals surface area contributed by atoms with Gasteiger partial charge in [0.2, 0.25) is 0 Å². The van der Waals surface area contributed by atoms with E-state index in [4.69, 9.17) is 4.74 Å². The standard InChI is InChI=1S/C21H32N2O3/c1-3-5-14-23-19-12-9-7-6-8-11-17(19)16-18(21(23)25)20(24)22-13-10-15-26-4-2/h4,16H,2-3,5-15H2,1H3,(H,22,24). The van der Waals surface area contributed by atoms with Gasteiger partial charge in [-0.05, 0) is 50.2 Å². The first-order chi connectivity index (χ1) is 12.7. The van der Waals surface area contributed by atoms with Crippen LogP contribution in [0.1, 0.15) is 73.5 Å². The van der Waals surface area contributed by atoms with Crippen LogP contribution < -0.4 is 10.9 Å². The number of unbranched alkanes of at least 4 members (excludes halogenated alkanes) is 1. The lowest BCUT2D eigenvalue weighted by Crippen LogP contribution is -2.36. The summed E-state index contributed by atoms with van der Waals surface area (Å²) in [5, 5.41) is 2.85. The fourth-order valence-corrected chi connectivity index (χ4v) is 3.49. The van der Waals surface area contributed by atoms with Crippen molar-refractivity contribution < 1.29 is 9.53 Å². The van der Waals surface area contributed by atoms with Crippen LogP contribution in [0.2, 0.25) is 0 Å². The maximum Gasteiger partial charge on any atom is 0.263 e. The molecular formula is C21H32N2O3. The highest BCUT2D eigenvalue weighted by Gasteiger charge is 2.19. The molecule has 5 nitrogen and oxygen atoms in total. The molecule has 5 heteroatoms. The molecule has 0 saturated carbocycles. The fraction of sp³-hybridized carbons (Fsp3) is 0.619. The number of rotatable bonds is 9. The maximum absolute atomic E-state index is 13.0. The predicted octanol–water partition coefficient (Wildman–Crippen LogP) is 3.59. The minimum atomic E-state index is -0.274. The Morgan fingerprint density at radius 2 is 2.04 bits per heavy atom. The van der Waals surface area contributed by atoms with Crippen LogP contribution in [0.25, 0.3) is 0 Å². The number of carbonyl (C=O) groups is 1. The van der Waals surface area contributed by atoms with Gasteiger partial charge in [-0.25, -0.2) is 0 Å². The Labute approximate surface area is 156 Å². The average Bonchev–Trinajstić information content (AvgIpc) is 2.61. The van der Waals surface area contributed by atoms with E-state index in [1.54, 1.807) is 0 Å². The van der Waals surface area contributed by atoms with E-state index in [0.29, 0.717) is 26.1 Å². The van der Waals surface area contributed by atoms with Crippen LogP contribution in [0.3, 0.4) is 0 Å². The molecule has 0 fully saturated rings. The molecular weight excluding hydrogens is 328 g/mol. The summed E-state index contributed by atoms with van der Waals surface area (Å²) in [4.78, 5) is 25.6. The van der Waals surface area contributed by atoms with Crippen molar-refractivity contribution >= 4 is 5.91 Å². The Bertz CT molecular complexity index is 664. The Hall–Kier alpha value is -2.04. The number of fused-ring (bicyclic) bond motifs is 1. The number of ether oxygens (including phenoxy) is 1. The molecule has 0 atom stereocenters. The van der Waals surface area contributed by atoms with Crippen molar-refractivity contribution in [1.82, 2.24) is 9.88 Å². The van der Waals surface area contributed by atoms with E-state index < -0.39 is 0 Å². The summed E-state index contributed by atoms with van der Waals surface area (Å²) in [5.41, 5.74) is 2.47. The monoisotopic (exact) mass is 360 g/mol. The number of aryl methyl sites for hydroxylation is 1. The van der Waals surface area contributed by atoms with Crippen molar-refractivity contribution in [3.8, 4) is 0 Å². The lowest BCUT2D eigenvalue weighted by molar-refractivity contribution is 0.0948. The van der Waals surface area contributed by atoms with Crippen molar-refractivity contribution in [2.75, 3.05) is 13.2 Å². The van der Waals surface area contributed by atoms with Gasteiger partial charge < -0.3 is 14.6 Å². The van der Waals surface area contributed by atoms with Crippen molar-refractivity contribution in [2.45, 2.75) is 71.3 Å². The number of hydrogen-bond donors (Lipinski definition) is 1. The van der Waals surface area contributed by atoms with Gasteiger partial charge >= 0.3 is 0 Å². The summed E-state index contributed by atoms with van der Waals surface area (Å²) in [6, 6.07) is 1.85. The van der Waals surface area contributed by atoms with Crippen molar-refractivity contribution in [1.29, 1.82) is 0 Å². The molecule has 0 spiro atoms. The van der Waals surface area contributed by atoms with Gasteiger partial charge in [-0.3, -0.25) is 9.59 Å². The van der Waals surface area contributed by atoms with E-state index in [1.165, 1.54) is 24.7 Å². The molecule has 144 valence electrons. The fourth-order valence-electron chi connectivity index (χ4n) is 3.49. The van der Waals surface area contributed by atoms with E-state index in [9.17, 15) is 9.59 Å². The molecule has 1 N–H and O–H groups in total. The minimum absolute atomic E-state index is 0.141. The summed E-state index contributed by atoms with van der Waals surface area (Å²) in [6.45, 7) is 7.30. The highest BCUT2D eigenvalue weighted by molar-refractivity contribution is 5.94. The topological polar surface area (TPSA) is 60.3 Å². The Balaban J connectivity index is 2.24. The summed E-state index contributed by atoms with van der Waals surface area (Å²) >= 11 is 0. The molecule has 1 aliphatic rings. The average molecular weight is 360 g/mol. The van der Waals surface area contributed by atoms with Crippen LogP contribution in [0, 0.1) is 0 Å². The maximum atomic E-state index is 13.0. The second kappa shape index (κ2) is 10.8. The zero-order valence-electron chi connectivity index (χ0n) is 16.0. The Morgan fingerprint density at radius 3 is 2.77 bits per heavy atom. The van der Waals surface area contributed by atoms with E-state index in [0.717, 1.165) is 44.2 Å². The summed E-state index contributed by atoms with van der Waals surface area (Å²) in [5.74, 6) is -0.274. The molecule has 0 unspecified atom stereocenters. The highest BCUT2D eigenvalue weighted by Crippen LogP contribution is 2.20. The first-order valence-electron chi connectivity index (χ1n) is 9.95. The third kappa shape index (κ3) is 5.48. The lowest BCUT2D eigenvalue weighted by Gasteiger charge is -2.21. The molecule has 0 aliphatic heterocycles. The van der Waals surface area contributed by atoms with Crippen LogP contribution in [-0.2, 0) is 24.1 Å². The van der Waals surface area contributed by atoms with Crippen molar-refractivity contribution in [3.63, 3.8) is 0 Å². The summed E-state index contributed by atoms with van der Waals surface area (Å²) < 4.78 is 6.93.